The van der Waals surface area contributed by atoms with Crippen LogP contribution < -0.4 is 10.5 Å². The third-order valence-electron chi connectivity index (χ3n) is 2.86. The van der Waals surface area contributed by atoms with E-state index in [0.29, 0.717) is 6.61 Å². The standard InChI is InChI=1S/C13H15N3OS.ClH/c1-3-17-9-4-5-11-12(6-9)18-13-15-10(8(2)14)7-16(11)13;/h4-8H,3,14H2,1-2H3;1H. The number of imidazole rings is 1. The molecule has 1 aromatic carbocycles. The van der Waals surface area contributed by atoms with E-state index in [9.17, 15) is 0 Å². The second-order valence-electron chi connectivity index (χ2n) is 4.27. The van der Waals surface area contributed by atoms with Crippen molar-refractivity contribution in [3.8, 4) is 5.75 Å². The lowest BCUT2D eigenvalue weighted by Crippen LogP contribution is -2.04. The van der Waals surface area contributed by atoms with E-state index in [1.165, 1.54) is 4.70 Å². The van der Waals surface area contributed by atoms with Crippen LogP contribution in [0.5, 0.6) is 5.75 Å². The third kappa shape index (κ3) is 2.41. The highest BCUT2D eigenvalue weighted by atomic mass is 35.5. The number of fused-ring (bicyclic) bond motifs is 3. The van der Waals surface area contributed by atoms with Crippen molar-refractivity contribution in [3.63, 3.8) is 0 Å². The van der Waals surface area contributed by atoms with E-state index in [1.54, 1.807) is 11.3 Å². The summed E-state index contributed by atoms with van der Waals surface area (Å²) >= 11 is 1.66. The molecule has 0 fully saturated rings. The van der Waals surface area contributed by atoms with Gasteiger partial charge in [-0.2, -0.15) is 0 Å². The average Bonchev–Trinajstić information content (AvgIpc) is 2.85. The quantitative estimate of drug-likeness (QED) is 0.806. The molecule has 6 heteroatoms. The van der Waals surface area contributed by atoms with Crippen LogP contribution in [0.2, 0.25) is 0 Å². The highest BCUT2D eigenvalue weighted by Crippen LogP contribution is 2.30. The van der Waals surface area contributed by atoms with Crippen LogP contribution in [0.1, 0.15) is 25.6 Å². The van der Waals surface area contributed by atoms with Crippen LogP contribution >= 0.6 is 23.7 Å². The van der Waals surface area contributed by atoms with Crippen LogP contribution in [0.15, 0.2) is 24.4 Å². The summed E-state index contributed by atoms with van der Waals surface area (Å²) in [5.74, 6) is 0.905. The van der Waals surface area contributed by atoms with Gasteiger partial charge in [-0.05, 0) is 32.0 Å². The molecule has 3 rings (SSSR count). The molecule has 102 valence electrons. The monoisotopic (exact) mass is 297 g/mol. The number of rotatable bonds is 3. The number of halogens is 1. The predicted molar refractivity (Wildman–Crippen MR) is 81.6 cm³/mol. The maximum absolute atomic E-state index is 5.85. The largest absolute Gasteiger partial charge is 0.494 e. The second kappa shape index (κ2) is 5.36. The number of hydrogen-bond acceptors (Lipinski definition) is 4. The van der Waals surface area contributed by atoms with Gasteiger partial charge in [0.25, 0.3) is 0 Å². The smallest absolute Gasteiger partial charge is 0.195 e. The first kappa shape index (κ1) is 14.1. The summed E-state index contributed by atoms with van der Waals surface area (Å²) in [5, 5.41) is 0. The van der Waals surface area contributed by atoms with Gasteiger partial charge in [0.2, 0.25) is 0 Å². The van der Waals surface area contributed by atoms with Gasteiger partial charge in [0.1, 0.15) is 5.75 Å². The van der Waals surface area contributed by atoms with E-state index in [2.05, 4.69) is 21.5 Å². The van der Waals surface area contributed by atoms with Crippen molar-refractivity contribution in [2.24, 2.45) is 5.73 Å². The Bertz CT molecular complexity index is 704. The summed E-state index contributed by atoms with van der Waals surface area (Å²) in [5.41, 5.74) is 7.93. The van der Waals surface area contributed by atoms with E-state index in [4.69, 9.17) is 10.5 Å². The molecule has 0 bridgehead atoms. The lowest BCUT2D eigenvalue weighted by Gasteiger charge is -2.02. The third-order valence-corrected chi connectivity index (χ3v) is 3.88. The molecular weight excluding hydrogens is 282 g/mol. The van der Waals surface area contributed by atoms with Crippen molar-refractivity contribution in [2.45, 2.75) is 19.9 Å². The number of nitrogens with two attached hydrogens (primary N) is 1. The number of benzene rings is 1. The Morgan fingerprint density at radius 1 is 1.47 bits per heavy atom. The highest BCUT2D eigenvalue weighted by Gasteiger charge is 2.11. The normalized spacial score (nSPS) is 12.6. The highest BCUT2D eigenvalue weighted by molar-refractivity contribution is 7.23. The maximum atomic E-state index is 5.85. The van der Waals surface area contributed by atoms with Gasteiger partial charge >= 0.3 is 0 Å². The Labute approximate surface area is 121 Å². The zero-order chi connectivity index (χ0) is 12.7. The van der Waals surface area contributed by atoms with Crippen LogP contribution in [0.25, 0.3) is 15.2 Å². The molecule has 0 aliphatic rings. The van der Waals surface area contributed by atoms with Gasteiger partial charge in [0.05, 0.1) is 22.5 Å². The molecule has 2 aromatic heterocycles. The van der Waals surface area contributed by atoms with E-state index >= 15 is 0 Å². The van der Waals surface area contributed by atoms with Crippen molar-refractivity contribution in [1.29, 1.82) is 0 Å². The maximum Gasteiger partial charge on any atom is 0.195 e. The molecule has 0 saturated carbocycles. The van der Waals surface area contributed by atoms with Crippen molar-refractivity contribution in [3.05, 3.63) is 30.1 Å². The molecular formula is C13H16ClN3OS. The first-order valence-corrected chi connectivity index (χ1v) is 6.80. The molecule has 1 unspecified atom stereocenters. The van der Waals surface area contributed by atoms with Gasteiger partial charge < -0.3 is 10.5 Å². The Hall–Kier alpha value is -1.30. The molecule has 0 aliphatic carbocycles. The summed E-state index contributed by atoms with van der Waals surface area (Å²) in [6, 6.07) is 6.08. The van der Waals surface area contributed by atoms with Gasteiger partial charge in [-0.25, -0.2) is 4.98 Å². The summed E-state index contributed by atoms with van der Waals surface area (Å²) in [4.78, 5) is 5.52. The summed E-state index contributed by atoms with van der Waals surface area (Å²) in [7, 11) is 0. The fraction of sp³-hybridized carbons (Fsp3) is 0.308. The van der Waals surface area contributed by atoms with Crippen LogP contribution in [-0.4, -0.2) is 16.0 Å². The van der Waals surface area contributed by atoms with E-state index < -0.39 is 0 Å². The van der Waals surface area contributed by atoms with Crippen LogP contribution in [-0.2, 0) is 0 Å². The Morgan fingerprint density at radius 2 is 2.26 bits per heavy atom. The summed E-state index contributed by atoms with van der Waals surface area (Å²) in [6.07, 6.45) is 2.01. The van der Waals surface area contributed by atoms with Gasteiger partial charge in [0, 0.05) is 12.2 Å². The van der Waals surface area contributed by atoms with Crippen LogP contribution in [0.4, 0.5) is 0 Å². The van der Waals surface area contributed by atoms with Gasteiger partial charge in [-0.1, -0.05) is 11.3 Å². The first-order chi connectivity index (χ1) is 8.69. The number of thiazole rings is 1. The van der Waals surface area contributed by atoms with Crippen molar-refractivity contribution in [1.82, 2.24) is 9.38 Å². The lowest BCUT2D eigenvalue weighted by molar-refractivity contribution is 0.341. The fourth-order valence-corrected chi connectivity index (χ4v) is 3.02. The molecule has 3 aromatic rings. The lowest BCUT2D eigenvalue weighted by atomic mass is 10.3. The minimum absolute atomic E-state index is 0. The fourth-order valence-electron chi connectivity index (χ4n) is 1.97. The van der Waals surface area contributed by atoms with Gasteiger partial charge in [-0.3, -0.25) is 4.40 Å². The number of ether oxygens (including phenoxy) is 1. The zero-order valence-electron chi connectivity index (χ0n) is 10.8. The number of hydrogen-bond donors (Lipinski definition) is 1. The van der Waals surface area contributed by atoms with Crippen molar-refractivity contribution < 1.29 is 4.74 Å². The molecule has 2 N–H and O–H groups in total. The summed E-state index contributed by atoms with van der Waals surface area (Å²) < 4.78 is 8.78. The van der Waals surface area contributed by atoms with E-state index in [1.807, 2.05) is 26.1 Å². The summed E-state index contributed by atoms with van der Waals surface area (Å²) in [6.45, 7) is 4.62. The van der Waals surface area contributed by atoms with Gasteiger partial charge in [-0.15, -0.1) is 12.4 Å². The van der Waals surface area contributed by atoms with Gasteiger partial charge in [0.15, 0.2) is 4.96 Å². The Balaban J connectivity index is 0.00000133. The predicted octanol–water partition coefficient (Wildman–Crippen LogP) is 3.39. The minimum atomic E-state index is -0.0325. The molecule has 1 atom stereocenters. The molecule has 0 saturated heterocycles. The molecule has 19 heavy (non-hydrogen) atoms. The zero-order valence-corrected chi connectivity index (χ0v) is 12.4. The Morgan fingerprint density at radius 3 is 2.95 bits per heavy atom. The molecule has 2 heterocycles. The Kier molecular flexibility index (Phi) is 3.99. The SMILES string of the molecule is CCOc1ccc2c(c1)sc1nc(C(C)N)cn12.Cl. The first-order valence-electron chi connectivity index (χ1n) is 5.99. The van der Waals surface area contributed by atoms with Crippen molar-refractivity contribution >= 4 is 38.9 Å². The van der Waals surface area contributed by atoms with Crippen LogP contribution in [0, 0.1) is 0 Å². The van der Waals surface area contributed by atoms with Crippen LogP contribution in [0.3, 0.4) is 0 Å². The number of nitrogens with zero attached hydrogens (tertiary/aromatic N) is 2. The van der Waals surface area contributed by atoms with Crippen molar-refractivity contribution in [2.75, 3.05) is 6.61 Å². The second-order valence-corrected chi connectivity index (χ2v) is 5.28. The molecule has 0 spiro atoms. The molecule has 4 nitrogen and oxygen atoms in total. The minimum Gasteiger partial charge on any atom is -0.494 e. The number of aromatic nitrogens is 2. The molecule has 0 amide bonds. The molecule has 0 radical (unpaired) electrons. The van der Waals surface area contributed by atoms with E-state index in [0.717, 1.165) is 21.9 Å². The van der Waals surface area contributed by atoms with E-state index in [-0.39, 0.29) is 18.4 Å². The molecule has 0 aliphatic heterocycles. The topological polar surface area (TPSA) is 52.5 Å². The average molecular weight is 298 g/mol.